The van der Waals surface area contributed by atoms with Gasteiger partial charge in [0, 0.05) is 11.6 Å². The second-order valence-corrected chi connectivity index (χ2v) is 5.01. The van der Waals surface area contributed by atoms with E-state index < -0.39 is 0 Å². The van der Waals surface area contributed by atoms with E-state index in [0.717, 1.165) is 19.0 Å². The molecule has 0 atom stereocenters. The molecule has 17 heavy (non-hydrogen) atoms. The van der Waals surface area contributed by atoms with Gasteiger partial charge in [0.1, 0.15) is 0 Å². The van der Waals surface area contributed by atoms with Gasteiger partial charge >= 0.3 is 0 Å². The molecule has 1 aliphatic carbocycles. The number of rotatable bonds is 1. The second kappa shape index (κ2) is 3.42. The maximum atomic E-state index is 4.78. The number of aliphatic imine (C=N–C) groups is 1. The van der Waals surface area contributed by atoms with Gasteiger partial charge in [-0.05, 0) is 24.3 Å². The van der Waals surface area contributed by atoms with Crippen molar-refractivity contribution in [3.05, 3.63) is 29.5 Å². The van der Waals surface area contributed by atoms with Crippen molar-refractivity contribution in [3.63, 3.8) is 0 Å². The summed E-state index contributed by atoms with van der Waals surface area (Å²) in [5.41, 5.74) is 3.84. The molecule has 1 aliphatic heterocycles. The predicted molar refractivity (Wildman–Crippen MR) is 68.8 cm³/mol. The number of hydrogen-bond acceptors (Lipinski definition) is 2. The average molecular weight is 225 g/mol. The van der Waals surface area contributed by atoms with Gasteiger partial charge in [-0.25, -0.2) is 0 Å². The molecule has 0 bridgehead atoms. The second-order valence-electron chi connectivity index (χ2n) is 5.01. The first-order valence-electron chi connectivity index (χ1n) is 6.43. The third-order valence-electron chi connectivity index (χ3n) is 4.04. The molecule has 1 aromatic heterocycles. The van der Waals surface area contributed by atoms with Gasteiger partial charge < -0.3 is 0 Å². The van der Waals surface area contributed by atoms with Crippen LogP contribution < -0.4 is 0 Å². The lowest BCUT2D eigenvalue weighted by molar-refractivity contribution is 0.421. The van der Waals surface area contributed by atoms with Crippen molar-refractivity contribution in [1.29, 1.82) is 0 Å². The van der Waals surface area contributed by atoms with Crippen LogP contribution in [0.25, 0.3) is 10.9 Å². The summed E-state index contributed by atoms with van der Waals surface area (Å²) in [6.07, 6.45) is 6.00. The Morgan fingerprint density at radius 2 is 2.18 bits per heavy atom. The first-order chi connectivity index (χ1) is 8.43. The highest BCUT2D eigenvalue weighted by molar-refractivity contribution is 5.98. The number of aromatic nitrogens is 2. The topological polar surface area (TPSA) is 30.2 Å². The summed E-state index contributed by atoms with van der Waals surface area (Å²) in [6.45, 7) is 1.78. The van der Waals surface area contributed by atoms with E-state index in [-0.39, 0.29) is 0 Å². The zero-order chi connectivity index (χ0) is 11.2. The molecule has 3 heteroatoms. The summed E-state index contributed by atoms with van der Waals surface area (Å²) >= 11 is 0. The van der Waals surface area contributed by atoms with Crippen LogP contribution in [0, 0.1) is 0 Å². The van der Waals surface area contributed by atoms with Gasteiger partial charge in [-0.1, -0.05) is 24.6 Å². The fraction of sp³-hybridized carbons (Fsp3) is 0.429. The Hall–Kier alpha value is -1.64. The van der Waals surface area contributed by atoms with E-state index in [2.05, 4.69) is 27.9 Å². The highest BCUT2D eigenvalue weighted by Crippen LogP contribution is 2.39. The molecule has 86 valence electrons. The van der Waals surface area contributed by atoms with Gasteiger partial charge in [0.2, 0.25) is 0 Å². The molecule has 0 N–H and O–H groups in total. The number of hydrogen-bond donors (Lipinski definition) is 0. The van der Waals surface area contributed by atoms with Gasteiger partial charge in [0.15, 0.2) is 0 Å². The van der Waals surface area contributed by atoms with Crippen LogP contribution in [0.5, 0.6) is 0 Å². The number of benzene rings is 1. The number of nitrogens with zero attached hydrogens (tertiary/aromatic N) is 3. The maximum Gasteiger partial charge on any atom is 0.0965 e. The first kappa shape index (κ1) is 9.40. The summed E-state index contributed by atoms with van der Waals surface area (Å²) in [7, 11) is 0. The van der Waals surface area contributed by atoms with Crippen LogP contribution >= 0.6 is 0 Å². The van der Waals surface area contributed by atoms with Crippen LogP contribution in [-0.2, 0) is 6.54 Å². The summed E-state index contributed by atoms with van der Waals surface area (Å²) in [4.78, 5) is 4.36. The first-order valence-corrected chi connectivity index (χ1v) is 6.43. The van der Waals surface area contributed by atoms with Crippen molar-refractivity contribution in [3.8, 4) is 0 Å². The van der Waals surface area contributed by atoms with E-state index in [1.54, 1.807) is 0 Å². The molecule has 1 saturated carbocycles. The Labute approximate surface area is 100 Å². The molecule has 0 spiro atoms. The van der Waals surface area contributed by atoms with E-state index in [4.69, 9.17) is 5.10 Å². The lowest BCUT2D eigenvalue weighted by atomic mass is 9.79. The molecule has 2 aliphatic rings. The molecule has 1 fully saturated rings. The molecular formula is C14H15N3. The van der Waals surface area contributed by atoms with Crippen LogP contribution in [0.3, 0.4) is 0 Å². The van der Waals surface area contributed by atoms with Gasteiger partial charge in [-0.3, -0.25) is 9.67 Å². The molecule has 0 radical (unpaired) electrons. The maximum absolute atomic E-state index is 4.78. The van der Waals surface area contributed by atoms with E-state index >= 15 is 0 Å². The fourth-order valence-electron chi connectivity index (χ4n) is 2.85. The van der Waals surface area contributed by atoms with Crippen LogP contribution in [0.2, 0.25) is 0 Å². The summed E-state index contributed by atoms with van der Waals surface area (Å²) in [6, 6.07) is 6.59. The zero-order valence-electron chi connectivity index (χ0n) is 9.76. The SMILES string of the molecule is C1=NCCn2nc3c(C4CCC4)cccc3c21. The summed E-state index contributed by atoms with van der Waals surface area (Å²) in [5.74, 6) is 0.743. The zero-order valence-corrected chi connectivity index (χ0v) is 9.76. The summed E-state index contributed by atoms with van der Waals surface area (Å²) in [5, 5.41) is 6.06. The minimum atomic E-state index is 0.743. The lowest BCUT2D eigenvalue weighted by Gasteiger charge is -2.25. The van der Waals surface area contributed by atoms with E-state index in [1.165, 1.54) is 41.4 Å². The highest BCUT2D eigenvalue weighted by atomic mass is 15.3. The molecule has 2 heterocycles. The van der Waals surface area contributed by atoms with Crippen molar-refractivity contribution in [1.82, 2.24) is 9.78 Å². The normalized spacial score (nSPS) is 19.3. The van der Waals surface area contributed by atoms with Crippen molar-refractivity contribution in [2.75, 3.05) is 6.54 Å². The molecule has 2 aromatic rings. The molecule has 4 rings (SSSR count). The minimum Gasteiger partial charge on any atom is -0.289 e. The average Bonchev–Trinajstić information content (AvgIpc) is 2.67. The van der Waals surface area contributed by atoms with Crippen LogP contribution in [0.4, 0.5) is 0 Å². The van der Waals surface area contributed by atoms with Crippen molar-refractivity contribution in [2.24, 2.45) is 4.99 Å². The van der Waals surface area contributed by atoms with Crippen molar-refractivity contribution < 1.29 is 0 Å². The van der Waals surface area contributed by atoms with E-state index in [9.17, 15) is 0 Å². The molecule has 1 aromatic carbocycles. The smallest absolute Gasteiger partial charge is 0.0965 e. The van der Waals surface area contributed by atoms with E-state index in [1.807, 2.05) is 6.21 Å². The molecule has 0 unspecified atom stereocenters. The lowest BCUT2D eigenvalue weighted by Crippen LogP contribution is -2.12. The Bertz CT molecular complexity index is 605. The van der Waals surface area contributed by atoms with Crippen molar-refractivity contribution >= 4 is 17.1 Å². The minimum absolute atomic E-state index is 0.743. The monoisotopic (exact) mass is 225 g/mol. The Kier molecular flexibility index (Phi) is 1.89. The third-order valence-corrected chi connectivity index (χ3v) is 4.04. The molecule has 3 nitrogen and oxygen atoms in total. The molecular weight excluding hydrogens is 210 g/mol. The Morgan fingerprint density at radius 3 is 3.00 bits per heavy atom. The van der Waals surface area contributed by atoms with Crippen LogP contribution in [-0.4, -0.2) is 22.5 Å². The van der Waals surface area contributed by atoms with E-state index in [0.29, 0.717) is 0 Å². The van der Waals surface area contributed by atoms with Crippen LogP contribution in [0.1, 0.15) is 36.4 Å². The van der Waals surface area contributed by atoms with Crippen molar-refractivity contribution in [2.45, 2.75) is 31.7 Å². The standard InChI is InChI=1S/C14H15N3/c1-3-10(4-1)11-5-2-6-12-13-9-15-7-8-17(13)16-14(11)12/h2,5-6,9-10H,1,3-4,7-8H2. The van der Waals surface area contributed by atoms with Crippen LogP contribution in [0.15, 0.2) is 23.2 Å². The fourth-order valence-corrected chi connectivity index (χ4v) is 2.85. The van der Waals surface area contributed by atoms with Gasteiger partial charge in [0.25, 0.3) is 0 Å². The molecule has 0 saturated heterocycles. The van der Waals surface area contributed by atoms with Gasteiger partial charge in [0.05, 0.1) is 24.3 Å². The number of fused-ring (bicyclic) bond motifs is 3. The highest BCUT2D eigenvalue weighted by Gasteiger charge is 2.24. The Balaban J connectivity index is 1.98. The quantitative estimate of drug-likeness (QED) is 0.734. The largest absolute Gasteiger partial charge is 0.289 e. The predicted octanol–water partition coefficient (Wildman–Crippen LogP) is 2.74. The Morgan fingerprint density at radius 1 is 1.24 bits per heavy atom. The summed E-state index contributed by atoms with van der Waals surface area (Å²) < 4.78 is 2.11. The van der Waals surface area contributed by atoms with Gasteiger partial charge in [-0.15, -0.1) is 0 Å². The molecule has 0 amide bonds. The van der Waals surface area contributed by atoms with Gasteiger partial charge in [-0.2, -0.15) is 5.10 Å². The third kappa shape index (κ3) is 1.28.